The fourth-order valence-electron chi connectivity index (χ4n) is 9.51. The Labute approximate surface area is 213 Å². The summed E-state index contributed by atoms with van der Waals surface area (Å²) in [7, 11) is 4.93. The lowest BCUT2D eigenvalue weighted by molar-refractivity contribution is -0.214. The van der Waals surface area contributed by atoms with E-state index in [0.717, 1.165) is 37.5 Å². The van der Waals surface area contributed by atoms with Crippen LogP contribution in [-0.4, -0.2) is 53.1 Å². The molecule has 4 fully saturated rings. The quantitative estimate of drug-likeness (QED) is 0.282. The number of rotatable bonds is 10. The van der Waals surface area contributed by atoms with E-state index in [1.807, 2.05) is 0 Å². The molecule has 4 saturated carbocycles. The first-order chi connectivity index (χ1) is 16.8. The van der Waals surface area contributed by atoms with Crippen molar-refractivity contribution in [1.29, 1.82) is 0 Å². The Morgan fingerprint density at radius 1 is 0.857 bits per heavy atom. The highest BCUT2D eigenvalue weighted by Crippen LogP contribution is 2.68. The Balaban J connectivity index is 1.52. The van der Waals surface area contributed by atoms with Crippen molar-refractivity contribution in [3.05, 3.63) is 0 Å². The van der Waals surface area contributed by atoms with E-state index >= 15 is 0 Å². The lowest BCUT2D eigenvalue weighted by atomic mass is 9.43. The standard InChI is InChI=1S/C29H50O6/c1-19(7-10-27(30)33-6)22-8-9-23-21-16-26(35-18-32-5)25-15-20(34-17-31-4)11-13-29(25,3)24(21)12-14-28(22,23)2/h19-26H,7-18H2,1-6H3/t19-,20-,21+,22-,23+,24+,25+,26+,28-,29-/m1/s1. The molecule has 0 radical (unpaired) electrons. The smallest absolute Gasteiger partial charge is 0.305 e. The van der Waals surface area contributed by atoms with E-state index in [-0.39, 0.29) is 18.2 Å². The minimum Gasteiger partial charge on any atom is -0.469 e. The zero-order valence-corrected chi connectivity index (χ0v) is 23.1. The van der Waals surface area contributed by atoms with Crippen LogP contribution >= 0.6 is 0 Å². The monoisotopic (exact) mass is 494 g/mol. The molecule has 0 N–H and O–H groups in total. The SMILES string of the molecule is COCO[C@@H]1CC[C@]2(C)[C@H]3CC[C@]4(C)[C@@H]([C@H](C)CCC(=O)OC)CC[C@H]4[C@@H]3C[C@H](OCOC)[C@@H]2C1. The van der Waals surface area contributed by atoms with Gasteiger partial charge in [0.15, 0.2) is 0 Å². The Morgan fingerprint density at radius 2 is 1.54 bits per heavy atom. The van der Waals surface area contributed by atoms with Crippen molar-refractivity contribution >= 4 is 5.97 Å². The molecule has 0 aromatic rings. The Bertz CT molecular complexity index is 713. The third kappa shape index (κ3) is 5.19. The van der Waals surface area contributed by atoms with Gasteiger partial charge in [-0.3, -0.25) is 4.79 Å². The average Bonchev–Trinajstić information content (AvgIpc) is 3.21. The molecule has 4 rings (SSSR count). The van der Waals surface area contributed by atoms with Crippen LogP contribution in [0.15, 0.2) is 0 Å². The van der Waals surface area contributed by atoms with Crippen molar-refractivity contribution in [2.45, 2.75) is 97.2 Å². The number of hydrogen-bond donors (Lipinski definition) is 0. The lowest BCUT2D eigenvalue weighted by Crippen LogP contribution is -2.59. The van der Waals surface area contributed by atoms with Crippen LogP contribution in [0.25, 0.3) is 0 Å². The summed E-state index contributed by atoms with van der Waals surface area (Å²) in [4.78, 5) is 11.8. The maximum atomic E-state index is 11.8. The largest absolute Gasteiger partial charge is 0.469 e. The first-order valence-corrected chi connectivity index (χ1v) is 14.1. The van der Waals surface area contributed by atoms with Crippen LogP contribution in [-0.2, 0) is 28.5 Å². The van der Waals surface area contributed by atoms with E-state index in [1.54, 1.807) is 14.2 Å². The molecule has 0 amide bonds. The molecular formula is C29H50O6. The van der Waals surface area contributed by atoms with Crippen LogP contribution in [0, 0.1) is 46.3 Å². The van der Waals surface area contributed by atoms with E-state index in [0.29, 0.717) is 54.5 Å². The number of carbonyl (C=O) groups excluding carboxylic acids is 1. The van der Waals surface area contributed by atoms with Crippen LogP contribution in [0.1, 0.15) is 85.0 Å². The number of fused-ring (bicyclic) bond motifs is 5. The second-order valence-electron chi connectivity index (χ2n) is 12.6. The summed E-state index contributed by atoms with van der Waals surface area (Å²) in [5.41, 5.74) is 0.661. The molecule has 4 aliphatic rings. The topological polar surface area (TPSA) is 63.2 Å². The Morgan fingerprint density at radius 3 is 2.26 bits per heavy atom. The van der Waals surface area contributed by atoms with Gasteiger partial charge in [-0.1, -0.05) is 20.8 Å². The summed E-state index contributed by atoms with van der Waals surface area (Å²) >= 11 is 0. The van der Waals surface area contributed by atoms with Crippen molar-refractivity contribution in [2.24, 2.45) is 46.3 Å². The molecule has 0 bridgehead atoms. The zero-order chi connectivity index (χ0) is 25.2. The second kappa shape index (κ2) is 11.4. The highest BCUT2D eigenvalue weighted by atomic mass is 16.7. The summed E-state index contributed by atoms with van der Waals surface area (Å²) < 4.78 is 28.0. The minimum atomic E-state index is -0.0743. The van der Waals surface area contributed by atoms with Crippen molar-refractivity contribution in [1.82, 2.24) is 0 Å². The summed E-state index contributed by atoms with van der Waals surface area (Å²) in [5, 5.41) is 0. The van der Waals surface area contributed by atoms with Gasteiger partial charge in [0, 0.05) is 20.6 Å². The molecule has 0 heterocycles. The third-order valence-corrected chi connectivity index (χ3v) is 11.2. The predicted octanol–water partition coefficient (Wildman–Crippen LogP) is 5.82. The molecule has 0 aromatic heterocycles. The van der Waals surface area contributed by atoms with E-state index in [2.05, 4.69) is 20.8 Å². The number of ether oxygens (including phenoxy) is 5. The second-order valence-corrected chi connectivity index (χ2v) is 12.6. The normalized spacial score (nSPS) is 43.7. The molecule has 0 aromatic carbocycles. The highest BCUT2D eigenvalue weighted by Gasteiger charge is 2.62. The van der Waals surface area contributed by atoms with Gasteiger partial charge in [0.25, 0.3) is 0 Å². The molecule has 0 spiro atoms. The highest BCUT2D eigenvalue weighted by molar-refractivity contribution is 5.69. The maximum Gasteiger partial charge on any atom is 0.305 e. The van der Waals surface area contributed by atoms with Crippen LogP contribution in [0.5, 0.6) is 0 Å². The fraction of sp³-hybridized carbons (Fsp3) is 0.966. The number of hydrogen-bond acceptors (Lipinski definition) is 6. The van der Waals surface area contributed by atoms with Gasteiger partial charge in [0.2, 0.25) is 0 Å². The molecule has 0 saturated heterocycles. The van der Waals surface area contributed by atoms with E-state index in [9.17, 15) is 4.79 Å². The van der Waals surface area contributed by atoms with Crippen LogP contribution in [0.4, 0.5) is 0 Å². The maximum absolute atomic E-state index is 11.8. The van der Waals surface area contributed by atoms with E-state index in [1.165, 1.54) is 39.2 Å². The van der Waals surface area contributed by atoms with E-state index < -0.39 is 0 Å². The lowest BCUT2D eigenvalue weighted by Gasteiger charge is -2.63. The molecular weight excluding hydrogens is 444 g/mol. The molecule has 10 atom stereocenters. The summed E-state index contributed by atoms with van der Waals surface area (Å²) in [6.07, 6.45) is 11.8. The minimum absolute atomic E-state index is 0.0743. The van der Waals surface area contributed by atoms with Gasteiger partial charge in [-0.05, 0) is 104 Å². The molecule has 0 aliphatic heterocycles. The van der Waals surface area contributed by atoms with Crippen molar-refractivity contribution < 1.29 is 28.5 Å². The van der Waals surface area contributed by atoms with Gasteiger partial charge in [0.05, 0.1) is 19.3 Å². The van der Waals surface area contributed by atoms with Crippen LogP contribution < -0.4 is 0 Å². The van der Waals surface area contributed by atoms with Crippen molar-refractivity contribution in [2.75, 3.05) is 34.9 Å². The van der Waals surface area contributed by atoms with Gasteiger partial charge in [0.1, 0.15) is 13.6 Å². The number of carbonyl (C=O) groups is 1. The summed E-state index contributed by atoms with van der Waals surface area (Å²) in [6, 6.07) is 0. The molecule has 6 nitrogen and oxygen atoms in total. The summed E-state index contributed by atoms with van der Waals surface area (Å²) in [6.45, 7) is 8.26. The fourth-order valence-corrected chi connectivity index (χ4v) is 9.51. The number of methoxy groups -OCH3 is 3. The molecule has 0 unspecified atom stereocenters. The molecule has 6 heteroatoms. The predicted molar refractivity (Wildman–Crippen MR) is 135 cm³/mol. The molecule has 202 valence electrons. The number of esters is 1. The first-order valence-electron chi connectivity index (χ1n) is 14.1. The van der Waals surface area contributed by atoms with Gasteiger partial charge < -0.3 is 23.7 Å². The van der Waals surface area contributed by atoms with Gasteiger partial charge in [-0.15, -0.1) is 0 Å². The van der Waals surface area contributed by atoms with Gasteiger partial charge >= 0.3 is 5.97 Å². The third-order valence-electron chi connectivity index (χ3n) is 11.2. The van der Waals surface area contributed by atoms with Crippen molar-refractivity contribution in [3.63, 3.8) is 0 Å². The first kappa shape index (κ1) is 27.3. The zero-order valence-electron chi connectivity index (χ0n) is 23.1. The van der Waals surface area contributed by atoms with Gasteiger partial charge in [-0.2, -0.15) is 0 Å². The average molecular weight is 495 g/mol. The molecule has 4 aliphatic carbocycles. The van der Waals surface area contributed by atoms with Crippen LogP contribution in [0.3, 0.4) is 0 Å². The summed E-state index contributed by atoms with van der Waals surface area (Å²) in [5.74, 6) is 3.92. The molecule has 35 heavy (non-hydrogen) atoms. The van der Waals surface area contributed by atoms with E-state index in [4.69, 9.17) is 23.7 Å². The Hall–Kier alpha value is -0.690. The van der Waals surface area contributed by atoms with Gasteiger partial charge in [-0.25, -0.2) is 0 Å². The van der Waals surface area contributed by atoms with Crippen molar-refractivity contribution in [3.8, 4) is 0 Å². The Kier molecular flexibility index (Phi) is 8.88. The van der Waals surface area contributed by atoms with Crippen LogP contribution in [0.2, 0.25) is 0 Å².